The molecule has 0 amide bonds. The largest absolute Gasteiger partial charge is 0.496 e. The van der Waals surface area contributed by atoms with Crippen molar-refractivity contribution >= 4 is 33.5 Å². The predicted octanol–water partition coefficient (Wildman–Crippen LogP) is 2.99. The van der Waals surface area contributed by atoms with E-state index in [1.165, 1.54) is 43.1 Å². The summed E-state index contributed by atoms with van der Waals surface area (Å²) in [6.07, 6.45) is 8.15. The van der Waals surface area contributed by atoms with Crippen molar-refractivity contribution in [3.8, 4) is 18.1 Å². The molecule has 34 heavy (non-hydrogen) atoms. The Labute approximate surface area is 199 Å². The number of fused-ring (bicyclic) bond motifs is 1. The zero-order chi connectivity index (χ0) is 24.4. The summed E-state index contributed by atoms with van der Waals surface area (Å²) in [4.78, 5) is 27.2. The van der Waals surface area contributed by atoms with Crippen LogP contribution in [-0.2, 0) is 9.47 Å². The number of methoxy groups -OCH3 is 1. The van der Waals surface area contributed by atoms with E-state index < -0.39 is 17.1 Å². The summed E-state index contributed by atoms with van der Waals surface area (Å²) in [6.45, 7) is 2.80. The highest BCUT2D eigenvalue weighted by Gasteiger charge is 2.23. The highest BCUT2D eigenvalue weighted by Crippen LogP contribution is 2.33. The summed E-state index contributed by atoms with van der Waals surface area (Å²) < 4.78 is 33.6. The number of ether oxygens (including phenoxy) is 3. The van der Waals surface area contributed by atoms with Crippen molar-refractivity contribution in [3.05, 3.63) is 60.9 Å². The second kappa shape index (κ2) is 9.75. The Hall–Kier alpha value is -3.55. The minimum atomic E-state index is -0.645. The van der Waals surface area contributed by atoms with Crippen molar-refractivity contribution in [1.29, 1.82) is 0 Å². The van der Waals surface area contributed by atoms with Crippen molar-refractivity contribution in [2.45, 2.75) is 25.9 Å². The van der Waals surface area contributed by atoms with Gasteiger partial charge in [-0.3, -0.25) is 9.36 Å². The first-order valence-corrected chi connectivity index (χ1v) is 11.5. The molecule has 0 unspecified atom stereocenters. The average Bonchev–Trinajstić information content (AvgIpc) is 3.18. The van der Waals surface area contributed by atoms with Gasteiger partial charge in [0.15, 0.2) is 0 Å². The average molecular weight is 486 g/mol. The lowest BCUT2D eigenvalue weighted by Gasteiger charge is -2.25. The maximum absolute atomic E-state index is 14.3. The molecule has 3 aromatic rings. The van der Waals surface area contributed by atoms with Gasteiger partial charge in [0.05, 0.1) is 42.4 Å². The van der Waals surface area contributed by atoms with E-state index in [-0.39, 0.29) is 11.9 Å². The van der Waals surface area contributed by atoms with Crippen molar-refractivity contribution in [1.82, 2.24) is 9.24 Å². The molecule has 0 radical (unpaired) electrons. The topological polar surface area (TPSA) is 83.7 Å². The van der Waals surface area contributed by atoms with Crippen molar-refractivity contribution in [2.24, 2.45) is 0 Å². The fraction of sp³-hybridized carbons (Fsp3) is 0.333. The van der Waals surface area contributed by atoms with Gasteiger partial charge >= 0.3 is 5.69 Å². The van der Waals surface area contributed by atoms with Gasteiger partial charge in [0.1, 0.15) is 28.3 Å². The van der Waals surface area contributed by atoms with E-state index in [0.29, 0.717) is 58.0 Å². The number of aromatic nitrogens is 2. The molecule has 8 nitrogen and oxygen atoms in total. The molecule has 178 valence electrons. The number of hydrogen-bond acceptors (Lipinski definition) is 7. The SMILES string of the molecule is C#Cc1sc2c(c1C)c(=O)n(NC)c(=O)n2C=C(OC1CCOCC1)c1cc(F)ccc1OC. The molecule has 0 bridgehead atoms. The minimum absolute atomic E-state index is 0.208. The Balaban J connectivity index is 2.02. The number of halogens is 1. The fourth-order valence-corrected chi connectivity index (χ4v) is 4.97. The Morgan fingerprint density at radius 3 is 2.74 bits per heavy atom. The molecule has 0 saturated carbocycles. The van der Waals surface area contributed by atoms with E-state index >= 15 is 0 Å². The summed E-state index contributed by atoms with van der Waals surface area (Å²) in [5, 5.41) is 0.319. The van der Waals surface area contributed by atoms with Crippen molar-refractivity contribution in [2.75, 3.05) is 32.8 Å². The van der Waals surface area contributed by atoms with Gasteiger partial charge in [0, 0.05) is 19.9 Å². The molecule has 2 aromatic heterocycles. The Morgan fingerprint density at radius 2 is 2.09 bits per heavy atom. The minimum Gasteiger partial charge on any atom is -0.496 e. The van der Waals surface area contributed by atoms with Gasteiger partial charge in [0.25, 0.3) is 5.56 Å². The zero-order valence-corrected chi connectivity index (χ0v) is 19.8. The molecular weight excluding hydrogens is 461 g/mol. The molecule has 1 aliphatic heterocycles. The van der Waals surface area contributed by atoms with E-state index in [1.807, 2.05) is 0 Å². The van der Waals surface area contributed by atoms with Crippen LogP contribution in [-0.4, -0.2) is 42.7 Å². The maximum Gasteiger partial charge on any atom is 0.355 e. The number of benzene rings is 1. The smallest absolute Gasteiger partial charge is 0.355 e. The molecule has 1 N–H and O–H groups in total. The number of aryl methyl sites for hydroxylation is 1. The Morgan fingerprint density at radius 1 is 1.35 bits per heavy atom. The predicted molar refractivity (Wildman–Crippen MR) is 130 cm³/mol. The third-order valence-corrected chi connectivity index (χ3v) is 6.87. The van der Waals surface area contributed by atoms with Crippen molar-refractivity contribution in [3.63, 3.8) is 0 Å². The first-order chi connectivity index (χ1) is 16.4. The van der Waals surface area contributed by atoms with E-state index in [9.17, 15) is 14.0 Å². The van der Waals surface area contributed by atoms with Gasteiger partial charge in [-0.2, -0.15) is 4.68 Å². The number of thiophene rings is 1. The van der Waals surface area contributed by atoms with Crippen LogP contribution >= 0.6 is 11.3 Å². The Bertz CT molecular complexity index is 1420. The first kappa shape index (κ1) is 23.6. The zero-order valence-electron chi connectivity index (χ0n) is 19.0. The van der Waals surface area contributed by atoms with Crippen LogP contribution in [0.3, 0.4) is 0 Å². The lowest BCUT2D eigenvalue weighted by Crippen LogP contribution is -2.42. The number of rotatable bonds is 6. The van der Waals surface area contributed by atoms with E-state index in [2.05, 4.69) is 11.3 Å². The lowest BCUT2D eigenvalue weighted by atomic mass is 10.1. The number of terminal acetylenes is 1. The van der Waals surface area contributed by atoms with Crippen LogP contribution < -0.4 is 21.4 Å². The van der Waals surface area contributed by atoms with Gasteiger partial charge in [-0.05, 0) is 30.7 Å². The maximum atomic E-state index is 14.3. The van der Waals surface area contributed by atoms with Crippen LogP contribution in [0.4, 0.5) is 4.39 Å². The van der Waals surface area contributed by atoms with Gasteiger partial charge in [0.2, 0.25) is 0 Å². The second-order valence-electron chi connectivity index (χ2n) is 7.66. The van der Waals surface area contributed by atoms with Crippen LogP contribution in [0.5, 0.6) is 5.75 Å². The van der Waals surface area contributed by atoms with Gasteiger partial charge in [-0.1, -0.05) is 5.92 Å². The van der Waals surface area contributed by atoms with Crippen LogP contribution in [0.1, 0.15) is 28.8 Å². The molecule has 1 saturated heterocycles. The van der Waals surface area contributed by atoms with Crippen LogP contribution in [0.15, 0.2) is 27.8 Å². The second-order valence-corrected chi connectivity index (χ2v) is 8.66. The van der Waals surface area contributed by atoms with E-state index in [4.69, 9.17) is 20.6 Å². The summed E-state index contributed by atoms with van der Waals surface area (Å²) in [6, 6.07) is 4.05. The lowest BCUT2D eigenvalue weighted by molar-refractivity contribution is 0.0139. The number of nitrogens with one attached hydrogen (secondary N) is 1. The van der Waals surface area contributed by atoms with Crippen LogP contribution in [0.25, 0.3) is 22.2 Å². The van der Waals surface area contributed by atoms with Gasteiger partial charge in [-0.25, -0.2) is 9.18 Å². The monoisotopic (exact) mass is 485 g/mol. The molecule has 3 heterocycles. The van der Waals surface area contributed by atoms with Gasteiger partial charge in [-0.15, -0.1) is 17.8 Å². The quantitative estimate of drug-likeness (QED) is 0.427. The highest BCUT2D eigenvalue weighted by atomic mass is 32.1. The normalized spacial score (nSPS) is 14.7. The standard InChI is InChI=1S/C24H24FN3O5S/c1-5-20-14(2)21-22(29)28(26-3)24(30)27(23(21)34-20)13-19(33-16-8-10-32-11-9-16)17-12-15(25)6-7-18(17)31-4/h1,6-7,12-13,16,26H,8-11H2,2-4H3. The fourth-order valence-electron chi connectivity index (χ4n) is 3.89. The Kier molecular flexibility index (Phi) is 6.77. The highest BCUT2D eigenvalue weighted by molar-refractivity contribution is 7.19. The molecule has 0 atom stereocenters. The van der Waals surface area contributed by atoms with Crippen molar-refractivity contribution < 1.29 is 18.6 Å². The summed E-state index contributed by atoms with van der Waals surface area (Å²) in [5.41, 5.74) is 2.42. The molecular formula is C24H24FN3O5S. The third-order valence-electron chi connectivity index (χ3n) is 5.65. The van der Waals surface area contributed by atoms with Crippen LogP contribution in [0.2, 0.25) is 0 Å². The molecule has 0 spiro atoms. The van der Waals surface area contributed by atoms with Gasteiger partial charge < -0.3 is 19.6 Å². The molecule has 1 aromatic carbocycles. The molecule has 1 fully saturated rings. The van der Waals surface area contributed by atoms with Crippen LogP contribution in [0, 0.1) is 25.1 Å². The summed E-state index contributed by atoms with van der Waals surface area (Å²) >= 11 is 1.15. The summed E-state index contributed by atoms with van der Waals surface area (Å²) in [7, 11) is 2.94. The number of hydrogen-bond donors (Lipinski definition) is 1. The molecule has 4 rings (SSSR count). The van der Waals surface area contributed by atoms with E-state index in [0.717, 1.165) is 16.0 Å². The molecule has 1 aliphatic rings. The first-order valence-electron chi connectivity index (χ1n) is 10.6. The molecule has 10 heteroatoms. The number of nitrogens with zero attached hydrogens (tertiary/aromatic N) is 2. The van der Waals surface area contributed by atoms with E-state index in [1.54, 1.807) is 6.92 Å². The molecule has 0 aliphatic carbocycles. The third kappa shape index (κ3) is 4.20. The summed E-state index contributed by atoms with van der Waals surface area (Å²) in [5.74, 6) is 2.68.